The van der Waals surface area contributed by atoms with Gasteiger partial charge in [0.05, 0.1) is 23.4 Å². The lowest BCUT2D eigenvalue weighted by atomic mass is 9.78. The average molecular weight is 919 g/mol. The number of ether oxygens (including phenoxy) is 1. The molecule has 352 valence electrons. The lowest BCUT2D eigenvalue weighted by molar-refractivity contribution is 0.483. The summed E-state index contributed by atoms with van der Waals surface area (Å²) in [5, 5.41) is 2.33. The van der Waals surface area contributed by atoms with Crippen molar-refractivity contribution in [3.05, 3.63) is 222 Å². The fourth-order valence-electron chi connectivity index (χ4n) is 9.81. The van der Waals surface area contributed by atoms with Gasteiger partial charge >= 0.3 is 0 Å². The Balaban J connectivity index is 1.10. The summed E-state index contributed by atoms with van der Waals surface area (Å²) >= 11 is 0. The van der Waals surface area contributed by atoms with Crippen molar-refractivity contribution in [2.24, 2.45) is 0 Å². The standard InChI is InChI=1S/C65H66N4O/c1-62(2,3)48-31-32-66-61(39-48)69-58-30-27-49(65(10,11)47-25-19-14-20-26-47)38-57(58)56-29-28-54(41-59(56)69)70-55-34-46(44-21-15-12-16-22-44)33-52(40-55)67-42-60(45-23-17-13-18-24-45)68(43-67)53-36-50(63(4,5)6)35-51(37-53)64(7,8)9/h12-42H,43H2,1-11H3. The van der Waals surface area contributed by atoms with Crippen LogP contribution in [0.5, 0.6) is 11.5 Å². The Labute approximate surface area is 415 Å². The highest BCUT2D eigenvalue weighted by atomic mass is 16.5. The molecule has 0 fully saturated rings. The summed E-state index contributed by atoms with van der Waals surface area (Å²) in [6, 6.07) is 63.9. The summed E-state index contributed by atoms with van der Waals surface area (Å²) in [7, 11) is 0. The predicted octanol–water partition coefficient (Wildman–Crippen LogP) is 17.1. The number of nitrogens with zero attached hydrogens (tertiary/aromatic N) is 4. The molecule has 70 heavy (non-hydrogen) atoms. The van der Waals surface area contributed by atoms with Crippen molar-refractivity contribution in [3.8, 4) is 28.4 Å². The number of pyridine rings is 1. The Morgan fingerprint density at radius 1 is 0.429 bits per heavy atom. The van der Waals surface area contributed by atoms with Gasteiger partial charge in [-0.1, -0.05) is 179 Å². The highest BCUT2D eigenvalue weighted by Crippen LogP contribution is 2.43. The van der Waals surface area contributed by atoms with Crippen molar-refractivity contribution in [1.29, 1.82) is 0 Å². The molecule has 0 bridgehead atoms. The van der Waals surface area contributed by atoms with Crippen LogP contribution in [0.4, 0.5) is 11.4 Å². The topological polar surface area (TPSA) is 33.5 Å². The Kier molecular flexibility index (Phi) is 11.6. The molecule has 0 spiro atoms. The molecule has 0 radical (unpaired) electrons. The molecule has 7 aromatic carbocycles. The zero-order valence-corrected chi connectivity index (χ0v) is 42.8. The minimum atomic E-state index is -0.200. The summed E-state index contributed by atoms with van der Waals surface area (Å²) in [6.45, 7) is 25.9. The first-order valence-corrected chi connectivity index (χ1v) is 24.8. The molecule has 0 amide bonds. The first kappa shape index (κ1) is 46.4. The zero-order chi connectivity index (χ0) is 49.2. The summed E-state index contributed by atoms with van der Waals surface area (Å²) in [6.07, 6.45) is 4.25. The van der Waals surface area contributed by atoms with Crippen molar-refractivity contribution in [2.75, 3.05) is 16.5 Å². The molecule has 5 heteroatoms. The molecule has 2 aromatic heterocycles. The Bertz CT molecular complexity index is 3370. The normalized spacial score (nSPS) is 13.6. The molecule has 0 unspecified atom stereocenters. The molecular weight excluding hydrogens is 853 g/mol. The van der Waals surface area contributed by atoms with E-state index in [-0.39, 0.29) is 21.7 Å². The van der Waals surface area contributed by atoms with Crippen LogP contribution in [0.15, 0.2) is 188 Å². The molecule has 1 aliphatic rings. The van der Waals surface area contributed by atoms with E-state index in [9.17, 15) is 0 Å². The van der Waals surface area contributed by atoms with Crippen LogP contribution in [0, 0.1) is 0 Å². The van der Waals surface area contributed by atoms with Crippen molar-refractivity contribution in [3.63, 3.8) is 0 Å². The third-order valence-electron chi connectivity index (χ3n) is 14.3. The molecule has 0 aliphatic carbocycles. The van der Waals surface area contributed by atoms with Crippen molar-refractivity contribution in [2.45, 2.75) is 97.8 Å². The minimum Gasteiger partial charge on any atom is -0.457 e. The molecule has 5 nitrogen and oxygen atoms in total. The van der Waals surface area contributed by atoms with E-state index in [2.05, 4.69) is 273 Å². The van der Waals surface area contributed by atoms with Crippen LogP contribution in [-0.2, 0) is 21.7 Å². The maximum absolute atomic E-state index is 7.08. The maximum atomic E-state index is 7.08. The molecule has 3 heterocycles. The lowest BCUT2D eigenvalue weighted by Crippen LogP contribution is -2.27. The number of fused-ring (bicyclic) bond motifs is 3. The monoisotopic (exact) mass is 919 g/mol. The second-order valence-corrected chi connectivity index (χ2v) is 22.8. The van der Waals surface area contributed by atoms with E-state index in [1.54, 1.807) is 0 Å². The van der Waals surface area contributed by atoms with Gasteiger partial charge in [-0.25, -0.2) is 4.98 Å². The maximum Gasteiger partial charge on any atom is 0.137 e. The van der Waals surface area contributed by atoms with Crippen LogP contribution in [-0.4, -0.2) is 16.2 Å². The summed E-state index contributed by atoms with van der Waals surface area (Å²) in [5.41, 5.74) is 15.0. The Morgan fingerprint density at radius 2 is 1.06 bits per heavy atom. The zero-order valence-electron chi connectivity index (χ0n) is 42.8. The van der Waals surface area contributed by atoms with Gasteiger partial charge in [-0.3, -0.25) is 4.57 Å². The quantitative estimate of drug-likeness (QED) is 0.144. The van der Waals surface area contributed by atoms with Gasteiger partial charge in [-0.15, -0.1) is 0 Å². The number of benzene rings is 7. The van der Waals surface area contributed by atoms with Gasteiger partial charge in [0, 0.05) is 52.1 Å². The molecular formula is C65H66N4O. The highest BCUT2D eigenvalue weighted by molar-refractivity contribution is 6.10. The molecule has 0 saturated heterocycles. The Morgan fingerprint density at radius 3 is 1.70 bits per heavy atom. The smallest absolute Gasteiger partial charge is 0.137 e. The second-order valence-electron chi connectivity index (χ2n) is 22.8. The van der Waals surface area contributed by atoms with Crippen LogP contribution in [0.25, 0.3) is 44.4 Å². The third-order valence-corrected chi connectivity index (χ3v) is 14.3. The van der Waals surface area contributed by atoms with Gasteiger partial charge in [0.15, 0.2) is 0 Å². The molecule has 9 aromatic rings. The average Bonchev–Trinajstić information content (AvgIpc) is 3.94. The van der Waals surface area contributed by atoms with Gasteiger partial charge in [0.1, 0.15) is 17.3 Å². The van der Waals surface area contributed by atoms with Gasteiger partial charge < -0.3 is 14.5 Å². The minimum absolute atomic E-state index is 0.0190. The lowest BCUT2D eigenvalue weighted by Gasteiger charge is -2.30. The summed E-state index contributed by atoms with van der Waals surface area (Å²) in [4.78, 5) is 9.86. The molecule has 1 aliphatic heterocycles. The van der Waals surface area contributed by atoms with Gasteiger partial charge in [0.25, 0.3) is 0 Å². The SMILES string of the molecule is CC(C)(C)c1cc(N2CN(c3cc(Oc4ccc5c6cc(C(C)(C)c7ccccc7)ccc6n(-c6cc(C(C)(C)C)ccn6)c5c4)cc(-c4ccccc4)c3)C=C2c2ccccc2)cc(C(C)(C)C)c1. The fourth-order valence-corrected chi connectivity index (χ4v) is 9.81. The molecule has 0 atom stereocenters. The van der Waals surface area contributed by atoms with Gasteiger partial charge in [-0.05, 0) is 121 Å². The number of hydrogen-bond donors (Lipinski definition) is 0. The number of anilines is 2. The van der Waals surface area contributed by atoms with Crippen LogP contribution in [0.3, 0.4) is 0 Å². The predicted molar refractivity (Wildman–Crippen MR) is 296 cm³/mol. The van der Waals surface area contributed by atoms with Gasteiger partial charge in [-0.2, -0.15) is 0 Å². The molecule has 0 saturated carbocycles. The van der Waals surface area contributed by atoms with Crippen LogP contribution in [0.2, 0.25) is 0 Å². The largest absolute Gasteiger partial charge is 0.457 e. The number of rotatable bonds is 9. The van der Waals surface area contributed by atoms with Gasteiger partial charge in [0.2, 0.25) is 0 Å². The summed E-state index contributed by atoms with van der Waals surface area (Å²) in [5.74, 6) is 2.40. The van der Waals surface area contributed by atoms with Crippen LogP contribution in [0.1, 0.15) is 110 Å². The highest BCUT2D eigenvalue weighted by Gasteiger charge is 2.30. The van der Waals surface area contributed by atoms with Crippen molar-refractivity contribution >= 4 is 38.9 Å². The van der Waals surface area contributed by atoms with E-state index < -0.39 is 0 Å². The number of hydrogen-bond acceptors (Lipinski definition) is 4. The fraction of sp³-hybridized carbons (Fsp3) is 0.246. The van der Waals surface area contributed by atoms with Crippen LogP contribution >= 0.6 is 0 Å². The van der Waals surface area contributed by atoms with E-state index in [0.29, 0.717) is 6.67 Å². The first-order chi connectivity index (χ1) is 33.3. The van der Waals surface area contributed by atoms with Crippen molar-refractivity contribution < 1.29 is 4.74 Å². The molecule has 10 rings (SSSR count). The third kappa shape index (κ3) is 9.02. The Hall–Kier alpha value is -7.37. The van der Waals surface area contributed by atoms with Crippen LogP contribution < -0.4 is 14.5 Å². The number of aromatic nitrogens is 2. The molecule has 0 N–H and O–H groups in total. The first-order valence-electron chi connectivity index (χ1n) is 24.8. The van der Waals surface area contributed by atoms with Crippen molar-refractivity contribution in [1.82, 2.24) is 9.55 Å². The van der Waals surface area contributed by atoms with E-state index >= 15 is 0 Å². The summed E-state index contributed by atoms with van der Waals surface area (Å²) < 4.78 is 9.40. The van der Waals surface area contributed by atoms with E-state index in [1.807, 2.05) is 6.20 Å². The van der Waals surface area contributed by atoms with E-state index in [1.165, 1.54) is 44.5 Å². The van der Waals surface area contributed by atoms with E-state index in [0.717, 1.165) is 56.2 Å². The second kappa shape index (κ2) is 17.5. The van der Waals surface area contributed by atoms with E-state index in [4.69, 9.17) is 9.72 Å².